The van der Waals surface area contributed by atoms with Crippen LogP contribution < -0.4 is 5.32 Å². The van der Waals surface area contributed by atoms with E-state index < -0.39 is 24.1 Å². The van der Waals surface area contributed by atoms with Crippen LogP contribution in [-0.4, -0.2) is 35.6 Å². The molecule has 0 bridgehead atoms. The first kappa shape index (κ1) is 17.5. The van der Waals surface area contributed by atoms with Gasteiger partial charge in [0.25, 0.3) is 0 Å². The Morgan fingerprint density at radius 3 is 2.04 bits per heavy atom. The van der Waals surface area contributed by atoms with Gasteiger partial charge in [-0.15, -0.1) is 0 Å². The second-order valence-corrected chi connectivity index (χ2v) is 5.71. The maximum Gasteiger partial charge on any atom is 0.419 e. The number of hydrogen-bond acceptors (Lipinski definition) is 5. The number of urea groups is 1. The largest absolute Gasteiger partial charge is 0.459 e. The van der Waals surface area contributed by atoms with Crippen LogP contribution in [0.1, 0.15) is 11.1 Å². The van der Waals surface area contributed by atoms with Gasteiger partial charge in [0.15, 0.2) is 6.04 Å². The van der Waals surface area contributed by atoms with Crippen LogP contribution >= 0.6 is 0 Å². The van der Waals surface area contributed by atoms with Gasteiger partial charge < -0.3 is 14.8 Å². The molecule has 1 aliphatic heterocycles. The van der Waals surface area contributed by atoms with E-state index in [2.05, 4.69) is 5.32 Å². The first-order valence-corrected chi connectivity index (χ1v) is 8.13. The number of hydrogen-bond donors (Lipinski definition) is 1. The van der Waals surface area contributed by atoms with Crippen molar-refractivity contribution in [3.63, 3.8) is 0 Å². The summed E-state index contributed by atoms with van der Waals surface area (Å²) in [6, 6.07) is 16.5. The molecule has 1 N–H and O–H groups in total. The van der Waals surface area contributed by atoms with E-state index >= 15 is 0 Å². The lowest BCUT2D eigenvalue weighted by molar-refractivity contribution is -0.148. The van der Waals surface area contributed by atoms with Gasteiger partial charge in [0.05, 0.1) is 6.54 Å². The Balaban J connectivity index is 1.58. The first-order valence-electron chi connectivity index (χ1n) is 8.13. The highest BCUT2D eigenvalue weighted by Crippen LogP contribution is 2.13. The molecule has 7 heteroatoms. The van der Waals surface area contributed by atoms with Gasteiger partial charge in [0.1, 0.15) is 13.2 Å². The molecule has 0 saturated carbocycles. The summed E-state index contributed by atoms with van der Waals surface area (Å²) in [5, 5.41) is 2.46. The minimum atomic E-state index is -1.05. The summed E-state index contributed by atoms with van der Waals surface area (Å²) in [5.74, 6) is -0.663. The highest BCUT2D eigenvalue weighted by atomic mass is 16.6. The van der Waals surface area contributed by atoms with Crippen LogP contribution in [0.2, 0.25) is 0 Å². The second kappa shape index (κ2) is 8.15. The van der Waals surface area contributed by atoms with Gasteiger partial charge in [-0.05, 0) is 11.1 Å². The lowest BCUT2D eigenvalue weighted by Gasteiger charge is -2.19. The minimum absolute atomic E-state index is 0.00705. The summed E-state index contributed by atoms with van der Waals surface area (Å²) in [7, 11) is 0. The third-order valence-corrected chi connectivity index (χ3v) is 3.87. The van der Waals surface area contributed by atoms with E-state index in [1.165, 1.54) is 0 Å². The Bertz CT molecular complexity index is 779. The van der Waals surface area contributed by atoms with Crippen LogP contribution in [0.4, 0.5) is 9.59 Å². The lowest BCUT2D eigenvalue weighted by atomic mass is 10.2. The number of nitrogens with zero attached hydrogens (tertiary/aromatic N) is 1. The Morgan fingerprint density at radius 1 is 0.923 bits per heavy atom. The van der Waals surface area contributed by atoms with Gasteiger partial charge in [-0.25, -0.2) is 19.3 Å². The van der Waals surface area contributed by atoms with Crippen molar-refractivity contribution in [1.29, 1.82) is 0 Å². The summed E-state index contributed by atoms with van der Waals surface area (Å²) >= 11 is 0. The maximum absolute atomic E-state index is 12.3. The van der Waals surface area contributed by atoms with Crippen molar-refractivity contribution in [2.24, 2.45) is 0 Å². The van der Waals surface area contributed by atoms with Crippen molar-refractivity contribution in [3.05, 3.63) is 71.8 Å². The molecule has 1 unspecified atom stereocenters. The molecule has 0 spiro atoms. The number of nitrogens with one attached hydrogen (secondary N) is 1. The van der Waals surface area contributed by atoms with Crippen LogP contribution in [-0.2, 0) is 27.5 Å². The number of carbonyl (C=O) groups is 3. The molecule has 1 fully saturated rings. The number of ether oxygens (including phenoxy) is 2. The van der Waals surface area contributed by atoms with Crippen LogP contribution in [0, 0.1) is 0 Å². The number of amides is 3. The molecular weight excluding hydrogens is 336 g/mol. The van der Waals surface area contributed by atoms with Crippen LogP contribution in [0.3, 0.4) is 0 Å². The highest BCUT2D eigenvalue weighted by Gasteiger charge is 2.42. The zero-order valence-electron chi connectivity index (χ0n) is 14.0. The fraction of sp³-hybridized carbons (Fsp3) is 0.211. The highest BCUT2D eigenvalue weighted by molar-refractivity contribution is 5.98. The smallest absolute Gasteiger partial charge is 0.419 e. The summed E-state index contributed by atoms with van der Waals surface area (Å²) in [4.78, 5) is 37.2. The average Bonchev–Trinajstić information content (AvgIpc) is 3.07. The van der Waals surface area contributed by atoms with Gasteiger partial charge in [0.2, 0.25) is 0 Å². The van der Waals surface area contributed by atoms with Crippen LogP contribution in [0.5, 0.6) is 0 Å². The van der Waals surface area contributed by atoms with Gasteiger partial charge in [-0.3, -0.25) is 0 Å². The zero-order valence-corrected chi connectivity index (χ0v) is 14.0. The van der Waals surface area contributed by atoms with Crippen molar-refractivity contribution in [2.75, 3.05) is 6.54 Å². The topological polar surface area (TPSA) is 84.9 Å². The number of benzene rings is 2. The molecule has 1 aliphatic rings. The Labute approximate surface area is 150 Å². The van der Waals surface area contributed by atoms with E-state index in [0.717, 1.165) is 16.0 Å². The standard InChI is InChI=1S/C19H18N2O5/c22-17(25-12-14-7-3-1-4-8-14)16-11-20-18(23)21(16)19(24)26-13-15-9-5-2-6-10-15/h1-10,16H,11-13H2,(H,20,23). The SMILES string of the molecule is O=C(OCc1ccccc1)C1CNC(=O)N1C(=O)OCc1ccccc1. The molecule has 3 amide bonds. The van der Waals surface area contributed by atoms with Crippen molar-refractivity contribution in [2.45, 2.75) is 19.3 Å². The van der Waals surface area contributed by atoms with E-state index in [1.54, 1.807) is 12.1 Å². The molecule has 0 aromatic heterocycles. The van der Waals surface area contributed by atoms with Crippen molar-refractivity contribution < 1.29 is 23.9 Å². The van der Waals surface area contributed by atoms with Gasteiger partial charge in [-0.1, -0.05) is 60.7 Å². The lowest BCUT2D eigenvalue weighted by Crippen LogP contribution is -2.44. The molecule has 26 heavy (non-hydrogen) atoms. The monoisotopic (exact) mass is 354 g/mol. The van der Waals surface area contributed by atoms with Crippen molar-refractivity contribution >= 4 is 18.1 Å². The molecule has 1 saturated heterocycles. The zero-order chi connectivity index (χ0) is 18.4. The molecule has 0 aliphatic carbocycles. The molecule has 1 atom stereocenters. The minimum Gasteiger partial charge on any atom is -0.459 e. The van der Waals surface area contributed by atoms with Crippen LogP contribution in [0.15, 0.2) is 60.7 Å². The number of rotatable bonds is 5. The number of esters is 1. The number of imide groups is 1. The molecule has 0 radical (unpaired) electrons. The van der Waals surface area contributed by atoms with Crippen molar-refractivity contribution in [1.82, 2.24) is 10.2 Å². The van der Waals surface area contributed by atoms with E-state index in [0.29, 0.717) is 0 Å². The predicted molar refractivity (Wildman–Crippen MR) is 91.9 cm³/mol. The molecule has 2 aromatic rings. The Hall–Kier alpha value is -3.35. The molecule has 134 valence electrons. The predicted octanol–water partition coefficient (Wildman–Crippen LogP) is 2.46. The fourth-order valence-corrected chi connectivity index (χ4v) is 2.51. The molecular formula is C19H18N2O5. The normalized spacial score (nSPS) is 16.1. The third-order valence-electron chi connectivity index (χ3n) is 3.87. The van der Waals surface area contributed by atoms with E-state index in [1.807, 2.05) is 48.5 Å². The molecule has 7 nitrogen and oxygen atoms in total. The van der Waals surface area contributed by atoms with E-state index in [4.69, 9.17) is 9.47 Å². The summed E-state index contributed by atoms with van der Waals surface area (Å²) in [5.41, 5.74) is 1.60. The fourth-order valence-electron chi connectivity index (χ4n) is 2.51. The van der Waals surface area contributed by atoms with Gasteiger partial charge >= 0.3 is 18.1 Å². The summed E-state index contributed by atoms with van der Waals surface area (Å²) < 4.78 is 10.4. The van der Waals surface area contributed by atoms with Gasteiger partial charge in [0, 0.05) is 0 Å². The number of carbonyl (C=O) groups excluding carboxylic acids is 3. The summed E-state index contributed by atoms with van der Waals surface area (Å²) in [6.45, 7) is 0.0688. The van der Waals surface area contributed by atoms with E-state index in [-0.39, 0.29) is 19.8 Å². The molecule has 3 rings (SSSR count). The summed E-state index contributed by atoms with van der Waals surface area (Å²) in [6.07, 6.45) is -0.884. The van der Waals surface area contributed by atoms with Gasteiger partial charge in [-0.2, -0.15) is 0 Å². The quantitative estimate of drug-likeness (QED) is 0.834. The van der Waals surface area contributed by atoms with Crippen LogP contribution in [0.25, 0.3) is 0 Å². The third kappa shape index (κ3) is 4.18. The van der Waals surface area contributed by atoms with Crippen molar-refractivity contribution in [3.8, 4) is 0 Å². The molecule has 1 heterocycles. The second-order valence-electron chi connectivity index (χ2n) is 5.71. The van der Waals surface area contributed by atoms with E-state index in [9.17, 15) is 14.4 Å². The average molecular weight is 354 g/mol. The molecule has 2 aromatic carbocycles. The Morgan fingerprint density at radius 2 is 1.46 bits per heavy atom. The first-order chi connectivity index (χ1) is 12.6. The Kier molecular flexibility index (Phi) is 5.48. The maximum atomic E-state index is 12.3.